The molecule has 100 valence electrons. The Morgan fingerprint density at radius 1 is 1.05 bits per heavy atom. The van der Waals surface area contributed by atoms with Crippen molar-refractivity contribution in [2.45, 2.75) is 13.8 Å². The van der Waals surface area contributed by atoms with E-state index in [1.54, 1.807) is 20.2 Å². The van der Waals surface area contributed by atoms with Gasteiger partial charge in [0.15, 0.2) is 11.5 Å². The molecule has 5 heteroatoms. The zero-order chi connectivity index (χ0) is 13.8. The van der Waals surface area contributed by atoms with Gasteiger partial charge < -0.3 is 14.8 Å². The number of aryl methyl sites for hydroxylation is 2. The minimum absolute atomic E-state index is 0.485. The third kappa shape index (κ3) is 3.13. The summed E-state index contributed by atoms with van der Waals surface area (Å²) in [6.45, 7) is 3.82. The van der Waals surface area contributed by atoms with Crippen LogP contribution in [-0.4, -0.2) is 24.1 Å². The number of methoxy groups -OCH3 is 1. The molecule has 0 spiro atoms. The predicted molar refractivity (Wildman–Crippen MR) is 74.1 cm³/mol. The lowest BCUT2D eigenvalue weighted by molar-refractivity contribution is 0.373. The topological polar surface area (TPSA) is 56.3 Å². The van der Waals surface area contributed by atoms with Crippen molar-refractivity contribution < 1.29 is 9.47 Å². The Kier molecular flexibility index (Phi) is 3.85. The number of nitrogens with one attached hydrogen (secondary N) is 1. The van der Waals surface area contributed by atoms with Crippen LogP contribution >= 0.6 is 0 Å². The molecule has 2 aromatic rings. The van der Waals surface area contributed by atoms with Crippen LogP contribution in [-0.2, 0) is 0 Å². The van der Waals surface area contributed by atoms with Crippen LogP contribution in [0.5, 0.6) is 17.4 Å². The van der Waals surface area contributed by atoms with E-state index < -0.39 is 0 Å². The van der Waals surface area contributed by atoms with Crippen LogP contribution < -0.4 is 14.8 Å². The van der Waals surface area contributed by atoms with Crippen LogP contribution in [0.15, 0.2) is 24.3 Å². The smallest absolute Gasteiger partial charge is 0.224 e. The lowest BCUT2D eigenvalue weighted by Crippen LogP contribution is -1.99. The van der Waals surface area contributed by atoms with Gasteiger partial charge in [-0.2, -0.15) is 4.98 Å². The molecule has 5 nitrogen and oxygen atoms in total. The van der Waals surface area contributed by atoms with E-state index in [2.05, 4.69) is 15.3 Å². The number of ether oxygens (including phenoxy) is 2. The highest BCUT2D eigenvalue weighted by Crippen LogP contribution is 2.31. The Balaban J connectivity index is 2.33. The van der Waals surface area contributed by atoms with Gasteiger partial charge in [0.1, 0.15) is 11.6 Å². The molecule has 0 unspecified atom stereocenters. The van der Waals surface area contributed by atoms with E-state index in [9.17, 15) is 0 Å². The molecule has 1 aromatic heterocycles. The quantitative estimate of drug-likeness (QED) is 0.914. The van der Waals surface area contributed by atoms with E-state index in [-0.39, 0.29) is 0 Å². The van der Waals surface area contributed by atoms with E-state index >= 15 is 0 Å². The first-order chi connectivity index (χ1) is 9.12. The van der Waals surface area contributed by atoms with Gasteiger partial charge >= 0.3 is 0 Å². The Labute approximate surface area is 112 Å². The fourth-order valence-corrected chi connectivity index (χ4v) is 1.69. The summed E-state index contributed by atoms with van der Waals surface area (Å²) in [7, 11) is 3.42. The van der Waals surface area contributed by atoms with Crippen LogP contribution in [0.1, 0.15) is 11.4 Å². The maximum Gasteiger partial charge on any atom is 0.224 e. The van der Waals surface area contributed by atoms with Crippen LogP contribution in [0.3, 0.4) is 0 Å². The van der Waals surface area contributed by atoms with Crippen LogP contribution in [0.2, 0.25) is 0 Å². The molecular weight excluding hydrogens is 242 g/mol. The lowest BCUT2D eigenvalue weighted by Gasteiger charge is -2.11. The number of hydrogen-bond acceptors (Lipinski definition) is 5. The number of hydrogen-bond donors (Lipinski definition) is 1. The van der Waals surface area contributed by atoms with Gasteiger partial charge in [0.25, 0.3) is 0 Å². The van der Waals surface area contributed by atoms with Crippen LogP contribution in [0, 0.1) is 13.8 Å². The lowest BCUT2D eigenvalue weighted by atomic mass is 10.2. The highest BCUT2D eigenvalue weighted by molar-refractivity contribution is 5.46. The van der Waals surface area contributed by atoms with Crippen molar-refractivity contribution in [3.63, 3.8) is 0 Å². The van der Waals surface area contributed by atoms with Gasteiger partial charge in [-0.3, -0.25) is 0 Å². The van der Waals surface area contributed by atoms with Gasteiger partial charge in [-0.15, -0.1) is 0 Å². The van der Waals surface area contributed by atoms with E-state index in [0.29, 0.717) is 29.0 Å². The minimum Gasteiger partial charge on any atom is -0.493 e. The monoisotopic (exact) mass is 259 g/mol. The maximum atomic E-state index is 5.76. The first-order valence-corrected chi connectivity index (χ1v) is 5.98. The molecule has 1 N–H and O–H groups in total. The molecule has 0 radical (unpaired) electrons. The Bertz CT molecular complexity index is 585. The Hall–Kier alpha value is -2.30. The van der Waals surface area contributed by atoms with Crippen molar-refractivity contribution >= 4 is 5.82 Å². The molecule has 0 saturated heterocycles. The molecule has 0 aliphatic carbocycles. The molecule has 0 aliphatic rings. The minimum atomic E-state index is 0.485. The second-order valence-corrected chi connectivity index (χ2v) is 4.15. The highest BCUT2D eigenvalue weighted by atomic mass is 16.5. The maximum absolute atomic E-state index is 5.76. The summed E-state index contributed by atoms with van der Waals surface area (Å²) in [5, 5.41) is 2.97. The summed E-state index contributed by atoms with van der Waals surface area (Å²) >= 11 is 0. The van der Waals surface area contributed by atoms with Crippen LogP contribution in [0.4, 0.5) is 5.82 Å². The van der Waals surface area contributed by atoms with Gasteiger partial charge in [0.2, 0.25) is 5.88 Å². The van der Waals surface area contributed by atoms with E-state index in [0.717, 1.165) is 5.56 Å². The molecule has 1 heterocycles. The Morgan fingerprint density at radius 3 is 2.53 bits per heavy atom. The summed E-state index contributed by atoms with van der Waals surface area (Å²) in [4.78, 5) is 8.46. The summed E-state index contributed by atoms with van der Waals surface area (Å²) in [5.41, 5.74) is 1.11. The molecule has 0 saturated carbocycles. The number of rotatable bonds is 4. The molecule has 0 fully saturated rings. The normalized spacial score (nSPS) is 10.1. The highest BCUT2D eigenvalue weighted by Gasteiger charge is 2.08. The molecular formula is C14H17N3O2. The summed E-state index contributed by atoms with van der Waals surface area (Å²) < 4.78 is 11.1. The standard InChI is InChI=1S/C14H17N3O2/c1-9-5-6-11(12(7-9)18-4)19-14-8-13(15-3)16-10(2)17-14/h5-8H,1-4H3,(H,15,16,17). The van der Waals surface area contributed by atoms with Gasteiger partial charge in [-0.1, -0.05) is 6.07 Å². The van der Waals surface area contributed by atoms with Crippen molar-refractivity contribution in [3.05, 3.63) is 35.7 Å². The van der Waals surface area contributed by atoms with Gasteiger partial charge in [0, 0.05) is 13.1 Å². The van der Waals surface area contributed by atoms with E-state index in [1.807, 2.05) is 32.0 Å². The van der Waals surface area contributed by atoms with Crippen molar-refractivity contribution in [3.8, 4) is 17.4 Å². The van der Waals surface area contributed by atoms with Gasteiger partial charge in [0.05, 0.1) is 7.11 Å². The fraction of sp³-hybridized carbons (Fsp3) is 0.286. The van der Waals surface area contributed by atoms with Crippen LogP contribution in [0.25, 0.3) is 0 Å². The first kappa shape index (κ1) is 13.1. The largest absolute Gasteiger partial charge is 0.493 e. The molecule has 0 amide bonds. The second-order valence-electron chi connectivity index (χ2n) is 4.15. The SMILES string of the molecule is CNc1cc(Oc2ccc(C)cc2OC)nc(C)n1. The number of anilines is 1. The zero-order valence-electron chi connectivity index (χ0n) is 11.5. The molecule has 0 atom stereocenters. The van der Waals surface area contributed by atoms with E-state index in [4.69, 9.17) is 9.47 Å². The predicted octanol–water partition coefficient (Wildman–Crippen LogP) is 2.94. The average molecular weight is 259 g/mol. The van der Waals surface area contributed by atoms with Crippen molar-refractivity contribution in [1.82, 2.24) is 9.97 Å². The number of nitrogens with zero attached hydrogens (tertiary/aromatic N) is 2. The molecule has 0 bridgehead atoms. The average Bonchev–Trinajstić information content (AvgIpc) is 2.40. The molecule has 0 aliphatic heterocycles. The van der Waals surface area contributed by atoms with Crippen molar-refractivity contribution in [1.29, 1.82) is 0 Å². The van der Waals surface area contributed by atoms with E-state index in [1.165, 1.54) is 0 Å². The molecule has 1 aromatic carbocycles. The number of benzene rings is 1. The summed E-state index contributed by atoms with van der Waals surface area (Å²) in [6.07, 6.45) is 0. The Morgan fingerprint density at radius 2 is 1.84 bits per heavy atom. The zero-order valence-corrected chi connectivity index (χ0v) is 11.5. The van der Waals surface area contributed by atoms with Gasteiger partial charge in [-0.05, 0) is 31.5 Å². The third-order valence-electron chi connectivity index (χ3n) is 2.60. The molecule has 19 heavy (non-hydrogen) atoms. The summed E-state index contributed by atoms with van der Waals surface area (Å²) in [6, 6.07) is 7.49. The second kappa shape index (κ2) is 5.56. The number of aromatic nitrogens is 2. The summed E-state index contributed by atoms with van der Waals surface area (Å²) in [5.74, 6) is 3.16. The molecule has 2 rings (SSSR count). The third-order valence-corrected chi connectivity index (χ3v) is 2.60. The first-order valence-electron chi connectivity index (χ1n) is 5.98. The van der Waals surface area contributed by atoms with Crippen molar-refractivity contribution in [2.24, 2.45) is 0 Å². The van der Waals surface area contributed by atoms with Crippen molar-refractivity contribution in [2.75, 3.05) is 19.5 Å². The fourth-order valence-electron chi connectivity index (χ4n) is 1.69. The van der Waals surface area contributed by atoms with Gasteiger partial charge in [-0.25, -0.2) is 4.98 Å².